The molecule has 1 rings (SSSR count). The molecule has 0 aliphatic carbocycles. The predicted octanol–water partition coefficient (Wildman–Crippen LogP) is 2.76. The highest BCUT2D eigenvalue weighted by atomic mass is 19.2. The fourth-order valence-electron chi connectivity index (χ4n) is 1.16. The number of hydrogen-bond donors (Lipinski definition) is 2. The quantitative estimate of drug-likeness (QED) is 0.294. The summed E-state index contributed by atoms with van der Waals surface area (Å²) < 4.78 is 65.1. The Morgan fingerprint density at radius 3 is 1.84 bits per heavy atom. The summed E-state index contributed by atoms with van der Waals surface area (Å²) in [6.07, 6.45) is 0. The molecule has 19 heavy (non-hydrogen) atoms. The molecule has 3 N–H and O–H groups in total. The Hall–Kier alpha value is -1.86. The van der Waals surface area contributed by atoms with Crippen LogP contribution in [-0.2, 0) is 0 Å². The number of anilines is 1. The molecule has 0 aliphatic rings. The molecule has 0 heterocycles. The topological polar surface area (TPSA) is 50.4 Å². The van der Waals surface area contributed by atoms with Gasteiger partial charge in [-0.3, -0.25) is 4.99 Å². The molecular formula is C11H12F5N3. The molecule has 0 fully saturated rings. The number of hydrogen-bond acceptors (Lipinski definition) is 1. The third-order valence-electron chi connectivity index (χ3n) is 2.09. The maximum Gasteiger partial charge on any atom is 0.200 e. The van der Waals surface area contributed by atoms with Gasteiger partial charge in [0.1, 0.15) is 5.69 Å². The Bertz CT molecular complexity index is 485. The minimum Gasteiger partial charge on any atom is -0.370 e. The lowest BCUT2D eigenvalue weighted by Gasteiger charge is -2.10. The van der Waals surface area contributed by atoms with E-state index in [0.717, 1.165) is 0 Å². The van der Waals surface area contributed by atoms with Gasteiger partial charge >= 0.3 is 0 Å². The monoisotopic (exact) mass is 281 g/mol. The highest BCUT2D eigenvalue weighted by molar-refractivity contribution is 5.92. The Kier molecular flexibility index (Phi) is 4.68. The van der Waals surface area contributed by atoms with Crippen LogP contribution < -0.4 is 11.1 Å². The first-order chi connectivity index (χ1) is 8.75. The van der Waals surface area contributed by atoms with Crippen LogP contribution in [-0.4, -0.2) is 12.5 Å². The molecule has 0 radical (unpaired) electrons. The minimum atomic E-state index is -2.22. The lowest BCUT2D eigenvalue weighted by atomic mass is 10.2. The van der Waals surface area contributed by atoms with Crippen molar-refractivity contribution >= 4 is 11.6 Å². The van der Waals surface area contributed by atoms with Crippen LogP contribution >= 0.6 is 0 Å². The summed E-state index contributed by atoms with van der Waals surface area (Å²) in [4.78, 5) is 3.69. The van der Waals surface area contributed by atoms with Gasteiger partial charge in [-0.25, -0.2) is 22.0 Å². The zero-order valence-corrected chi connectivity index (χ0v) is 10.2. The van der Waals surface area contributed by atoms with Crippen LogP contribution in [0.15, 0.2) is 4.99 Å². The third-order valence-corrected chi connectivity index (χ3v) is 2.09. The van der Waals surface area contributed by atoms with Gasteiger partial charge in [0.25, 0.3) is 0 Å². The SMILES string of the molecule is CC(C)CN=C(N)Nc1c(F)c(F)c(F)c(F)c1F. The normalized spacial score (nSPS) is 12.1. The fourth-order valence-corrected chi connectivity index (χ4v) is 1.16. The molecule has 0 unspecified atom stereocenters. The van der Waals surface area contributed by atoms with Crippen LogP contribution in [0.1, 0.15) is 13.8 Å². The molecule has 0 amide bonds. The fraction of sp³-hybridized carbons (Fsp3) is 0.364. The number of benzene rings is 1. The van der Waals surface area contributed by atoms with E-state index in [1.165, 1.54) is 0 Å². The van der Waals surface area contributed by atoms with Crippen molar-refractivity contribution in [3.05, 3.63) is 29.1 Å². The predicted molar refractivity (Wildman–Crippen MR) is 61.2 cm³/mol. The molecule has 8 heteroatoms. The van der Waals surface area contributed by atoms with Crippen molar-refractivity contribution in [2.24, 2.45) is 16.6 Å². The van der Waals surface area contributed by atoms with E-state index in [1.807, 2.05) is 19.2 Å². The molecule has 1 aromatic carbocycles. The third kappa shape index (κ3) is 3.33. The van der Waals surface area contributed by atoms with Gasteiger partial charge in [0.2, 0.25) is 5.82 Å². The molecule has 0 aromatic heterocycles. The van der Waals surface area contributed by atoms with Crippen LogP contribution in [0.2, 0.25) is 0 Å². The maximum atomic E-state index is 13.3. The van der Waals surface area contributed by atoms with Crippen LogP contribution in [0.25, 0.3) is 0 Å². The molecule has 3 nitrogen and oxygen atoms in total. The van der Waals surface area contributed by atoms with Crippen molar-refractivity contribution in [1.29, 1.82) is 0 Å². The van der Waals surface area contributed by atoms with Crippen molar-refractivity contribution in [2.45, 2.75) is 13.8 Å². The summed E-state index contributed by atoms with van der Waals surface area (Å²) in [5, 5.41) is 1.87. The first kappa shape index (κ1) is 15.2. The van der Waals surface area contributed by atoms with Crippen molar-refractivity contribution in [3.63, 3.8) is 0 Å². The summed E-state index contributed by atoms with van der Waals surface area (Å²) in [6.45, 7) is 3.87. The first-order valence-electron chi connectivity index (χ1n) is 5.34. The summed E-state index contributed by atoms with van der Waals surface area (Å²) in [7, 11) is 0. The van der Waals surface area contributed by atoms with E-state index in [1.54, 1.807) is 0 Å². The lowest BCUT2D eigenvalue weighted by molar-refractivity contribution is 0.382. The van der Waals surface area contributed by atoms with Gasteiger partial charge < -0.3 is 11.1 Å². The van der Waals surface area contributed by atoms with Crippen LogP contribution in [0.5, 0.6) is 0 Å². The molecule has 0 bridgehead atoms. The Balaban J connectivity index is 3.12. The van der Waals surface area contributed by atoms with Crippen molar-refractivity contribution in [1.82, 2.24) is 0 Å². The largest absolute Gasteiger partial charge is 0.370 e. The van der Waals surface area contributed by atoms with Gasteiger partial charge in [0.15, 0.2) is 29.2 Å². The van der Waals surface area contributed by atoms with Gasteiger partial charge in [-0.2, -0.15) is 0 Å². The van der Waals surface area contributed by atoms with Crippen LogP contribution in [0.4, 0.5) is 27.6 Å². The number of guanidine groups is 1. The highest BCUT2D eigenvalue weighted by Gasteiger charge is 2.26. The number of aliphatic imine (C=N–C) groups is 1. The van der Waals surface area contributed by atoms with Crippen molar-refractivity contribution in [3.8, 4) is 0 Å². The summed E-state index contributed by atoms with van der Waals surface area (Å²) in [5.41, 5.74) is 4.08. The molecule has 0 aliphatic heterocycles. The van der Waals surface area contributed by atoms with E-state index in [-0.39, 0.29) is 12.5 Å². The van der Waals surface area contributed by atoms with Crippen molar-refractivity contribution < 1.29 is 22.0 Å². The van der Waals surface area contributed by atoms with Gasteiger partial charge in [-0.05, 0) is 5.92 Å². The molecule has 0 atom stereocenters. The number of nitrogens with one attached hydrogen (secondary N) is 1. The van der Waals surface area contributed by atoms with E-state index in [0.29, 0.717) is 0 Å². The standard InChI is InChI=1S/C11H12F5N3/c1-4(2)3-18-11(17)19-10-8(15)6(13)5(12)7(14)9(10)16/h4H,3H2,1-2H3,(H3,17,18,19). The lowest BCUT2D eigenvalue weighted by Crippen LogP contribution is -2.25. The smallest absolute Gasteiger partial charge is 0.200 e. The number of rotatable bonds is 3. The molecular weight excluding hydrogens is 269 g/mol. The molecule has 106 valence electrons. The number of nitrogens with two attached hydrogens (primary N) is 1. The average Bonchev–Trinajstić information content (AvgIpc) is 2.36. The second-order valence-corrected chi connectivity index (χ2v) is 4.19. The first-order valence-corrected chi connectivity index (χ1v) is 5.34. The maximum absolute atomic E-state index is 13.3. The summed E-state index contributed by atoms with van der Waals surface area (Å²) in [5.74, 6) is -10.6. The zero-order chi connectivity index (χ0) is 14.7. The minimum absolute atomic E-state index is 0.122. The molecule has 0 spiro atoms. The van der Waals surface area contributed by atoms with E-state index in [9.17, 15) is 22.0 Å². The molecule has 1 aromatic rings. The van der Waals surface area contributed by atoms with Gasteiger partial charge in [-0.15, -0.1) is 0 Å². The average molecular weight is 281 g/mol. The van der Waals surface area contributed by atoms with E-state index >= 15 is 0 Å². The Morgan fingerprint density at radius 2 is 1.42 bits per heavy atom. The summed E-state index contributed by atoms with van der Waals surface area (Å²) in [6, 6.07) is 0. The van der Waals surface area contributed by atoms with Gasteiger partial charge in [-0.1, -0.05) is 13.8 Å². The van der Waals surface area contributed by atoms with Crippen LogP contribution in [0.3, 0.4) is 0 Å². The Labute approximate surface area is 106 Å². The zero-order valence-electron chi connectivity index (χ0n) is 10.2. The van der Waals surface area contributed by atoms with E-state index < -0.39 is 40.7 Å². The second-order valence-electron chi connectivity index (χ2n) is 4.19. The molecule has 0 saturated carbocycles. The van der Waals surface area contributed by atoms with Crippen LogP contribution in [0, 0.1) is 35.0 Å². The molecule has 0 saturated heterocycles. The highest BCUT2D eigenvalue weighted by Crippen LogP contribution is 2.26. The summed E-state index contributed by atoms with van der Waals surface area (Å²) >= 11 is 0. The number of halogens is 5. The van der Waals surface area contributed by atoms with Gasteiger partial charge in [0.05, 0.1) is 0 Å². The number of nitrogens with zero attached hydrogens (tertiary/aromatic N) is 1. The van der Waals surface area contributed by atoms with Gasteiger partial charge in [0, 0.05) is 6.54 Å². The van der Waals surface area contributed by atoms with Crippen molar-refractivity contribution in [2.75, 3.05) is 11.9 Å². The second kappa shape index (κ2) is 5.85. The van der Waals surface area contributed by atoms with E-state index in [2.05, 4.69) is 4.99 Å². The van der Waals surface area contributed by atoms with E-state index in [4.69, 9.17) is 5.73 Å². The Morgan fingerprint density at radius 1 is 1.00 bits per heavy atom.